The van der Waals surface area contributed by atoms with Gasteiger partial charge in [0.2, 0.25) is 0 Å². The van der Waals surface area contributed by atoms with Gasteiger partial charge in [0.05, 0.1) is 24.4 Å². The van der Waals surface area contributed by atoms with Crippen LogP contribution in [0, 0.1) is 0 Å². The van der Waals surface area contributed by atoms with E-state index in [0.29, 0.717) is 28.6 Å². The number of halogens is 2. The van der Waals surface area contributed by atoms with Gasteiger partial charge in [-0.25, -0.2) is 4.79 Å². The third kappa shape index (κ3) is 2.42. The van der Waals surface area contributed by atoms with Crippen LogP contribution in [0.15, 0.2) is 6.07 Å². The van der Waals surface area contributed by atoms with Gasteiger partial charge in [-0.3, -0.25) is 0 Å². The molecule has 1 aliphatic heterocycles. The SMILES string of the molecule is COC(=O)c1cc(Cl)c(N)c2c1OCCC2.Cl. The highest BCUT2D eigenvalue weighted by molar-refractivity contribution is 6.33. The van der Waals surface area contributed by atoms with Gasteiger partial charge in [0.15, 0.2) is 0 Å². The molecule has 0 radical (unpaired) electrons. The number of methoxy groups -OCH3 is 1. The second kappa shape index (κ2) is 5.47. The largest absolute Gasteiger partial charge is 0.492 e. The van der Waals surface area contributed by atoms with Gasteiger partial charge in [-0.1, -0.05) is 11.6 Å². The van der Waals surface area contributed by atoms with Crippen LogP contribution in [0.1, 0.15) is 22.3 Å². The summed E-state index contributed by atoms with van der Waals surface area (Å²) in [5.41, 5.74) is 7.49. The van der Waals surface area contributed by atoms with E-state index in [1.807, 2.05) is 0 Å². The number of nitrogen functional groups attached to an aromatic ring is 1. The fraction of sp³-hybridized carbons (Fsp3) is 0.364. The zero-order valence-electron chi connectivity index (χ0n) is 9.29. The predicted octanol–water partition coefficient (Wildman–Crippen LogP) is 2.46. The second-order valence-electron chi connectivity index (χ2n) is 3.57. The number of rotatable bonds is 1. The van der Waals surface area contributed by atoms with Crippen LogP contribution in [-0.2, 0) is 11.2 Å². The number of esters is 1. The van der Waals surface area contributed by atoms with Crippen LogP contribution < -0.4 is 10.5 Å². The number of carbonyl (C=O) groups excluding carboxylic acids is 1. The number of hydrogen-bond donors (Lipinski definition) is 1. The number of hydrogen-bond acceptors (Lipinski definition) is 4. The molecule has 0 unspecified atom stereocenters. The van der Waals surface area contributed by atoms with Crippen LogP contribution in [0.2, 0.25) is 5.02 Å². The van der Waals surface area contributed by atoms with Crippen LogP contribution in [0.5, 0.6) is 5.75 Å². The third-order valence-corrected chi connectivity index (χ3v) is 2.91. The van der Waals surface area contributed by atoms with Crippen LogP contribution in [0.25, 0.3) is 0 Å². The minimum Gasteiger partial charge on any atom is -0.492 e. The van der Waals surface area contributed by atoms with E-state index >= 15 is 0 Å². The summed E-state index contributed by atoms with van der Waals surface area (Å²) in [5.74, 6) is 0.0556. The topological polar surface area (TPSA) is 61.5 Å². The Morgan fingerprint density at radius 3 is 2.94 bits per heavy atom. The van der Waals surface area contributed by atoms with Gasteiger partial charge in [0, 0.05) is 5.56 Å². The average molecular weight is 278 g/mol. The molecule has 0 fully saturated rings. The number of carbonyl (C=O) groups is 1. The zero-order valence-corrected chi connectivity index (χ0v) is 10.9. The normalized spacial score (nSPS) is 13.1. The van der Waals surface area contributed by atoms with Gasteiger partial charge in [-0.2, -0.15) is 0 Å². The van der Waals surface area contributed by atoms with Crippen molar-refractivity contribution in [3.05, 3.63) is 22.2 Å². The first-order valence-corrected chi connectivity index (χ1v) is 5.35. The van der Waals surface area contributed by atoms with E-state index in [0.717, 1.165) is 18.4 Å². The molecule has 1 heterocycles. The first-order valence-electron chi connectivity index (χ1n) is 4.97. The molecular weight excluding hydrogens is 265 g/mol. The summed E-state index contributed by atoms with van der Waals surface area (Å²) in [6.45, 7) is 0.581. The molecule has 0 saturated carbocycles. The molecule has 6 heteroatoms. The summed E-state index contributed by atoms with van der Waals surface area (Å²) in [6, 6.07) is 1.49. The smallest absolute Gasteiger partial charge is 0.341 e. The highest BCUT2D eigenvalue weighted by atomic mass is 35.5. The Balaban J connectivity index is 0.00000144. The van der Waals surface area contributed by atoms with Crippen LogP contribution in [0.4, 0.5) is 5.69 Å². The van der Waals surface area contributed by atoms with Crippen molar-refractivity contribution in [3.63, 3.8) is 0 Å². The van der Waals surface area contributed by atoms with Crippen molar-refractivity contribution in [1.82, 2.24) is 0 Å². The van der Waals surface area contributed by atoms with E-state index in [1.54, 1.807) is 0 Å². The third-order valence-electron chi connectivity index (χ3n) is 2.60. The lowest BCUT2D eigenvalue weighted by Crippen LogP contribution is -2.15. The number of benzene rings is 1. The first kappa shape index (κ1) is 13.9. The quantitative estimate of drug-likeness (QED) is 0.633. The Morgan fingerprint density at radius 1 is 1.59 bits per heavy atom. The molecule has 0 spiro atoms. The van der Waals surface area contributed by atoms with E-state index in [2.05, 4.69) is 4.74 Å². The Hall–Kier alpha value is -1.13. The van der Waals surface area contributed by atoms with E-state index in [4.69, 9.17) is 22.1 Å². The Morgan fingerprint density at radius 2 is 2.29 bits per heavy atom. The van der Waals surface area contributed by atoms with E-state index < -0.39 is 5.97 Å². The minimum absolute atomic E-state index is 0. The molecule has 1 aliphatic rings. The zero-order chi connectivity index (χ0) is 11.7. The standard InChI is InChI=1S/C11H12ClNO3.ClH/c1-15-11(14)7-5-8(12)9(13)6-3-2-4-16-10(6)7;/h5H,2-4,13H2,1H3;1H. The molecule has 0 atom stereocenters. The van der Waals surface area contributed by atoms with Crippen molar-refractivity contribution in [1.29, 1.82) is 0 Å². The van der Waals surface area contributed by atoms with Crippen molar-refractivity contribution in [3.8, 4) is 5.75 Å². The first-order chi connectivity index (χ1) is 7.65. The highest BCUT2D eigenvalue weighted by Gasteiger charge is 2.24. The van der Waals surface area contributed by atoms with Crippen LogP contribution in [0.3, 0.4) is 0 Å². The van der Waals surface area contributed by atoms with Crippen LogP contribution >= 0.6 is 24.0 Å². The maximum absolute atomic E-state index is 11.5. The Kier molecular flexibility index (Phi) is 4.48. The van der Waals surface area contributed by atoms with Gasteiger partial charge >= 0.3 is 5.97 Å². The van der Waals surface area contributed by atoms with E-state index in [1.165, 1.54) is 13.2 Å². The summed E-state index contributed by atoms with van der Waals surface area (Å²) in [7, 11) is 1.32. The number of ether oxygens (including phenoxy) is 2. The molecular formula is C11H13Cl2NO3. The molecule has 0 amide bonds. The summed E-state index contributed by atoms with van der Waals surface area (Å²) in [6.07, 6.45) is 1.64. The van der Waals surface area contributed by atoms with Gasteiger partial charge in [-0.05, 0) is 18.9 Å². The average Bonchev–Trinajstić information content (AvgIpc) is 2.33. The summed E-state index contributed by atoms with van der Waals surface area (Å²) < 4.78 is 10.2. The molecule has 4 nitrogen and oxygen atoms in total. The molecule has 0 aromatic heterocycles. The lowest BCUT2D eigenvalue weighted by Gasteiger charge is -2.21. The fourth-order valence-corrected chi connectivity index (χ4v) is 2.02. The van der Waals surface area contributed by atoms with Gasteiger partial charge in [-0.15, -0.1) is 12.4 Å². The number of nitrogens with two attached hydrogens (primary N) is 1. The molecule has 1 aromatic rings. The molecule has 1 aromatic carbocycles. The van der Waals surface area contributed by atoms with E-state index in [-0.39, 0.29) is 12.4 Å². The maximum Gasteiger partial charge on any atom is 0.341 e. The van der Waals surface area contributed by atoms with Crippen molar-refractivity contribution in [2.75, 3.05) is 19.5 Å². The minimum atomic E-state index is -0.458. The van der Waals surface area contributed by atoms with Crippen molar-refractivity contribution in [2.24, 2.45) is 0 Å². The molecule has 2 rings (SSSR count). The van der Waals surface area contributed by atoms with Gasteiger partial charge in [0.1, 0.15) is 11.3 Å². The Bertz CT molecular complexity index is 449. The van der Waals surface area contributed by atoms with E-state index in [9.17, 15) is 4.79 Å². The van der Waals surface area contributed by atoms with Crippen molar-refractivity contribution < 1.29 is 14.3 Å². The lowest BCUT2D eigenvalue weighted by molar-refractivity contribution is 0.0595. The lowest BCUT2D eigenvalue weighted by atomic mass is 10.0. The molecule has 94 valence electrons. The second-order valence-corrected chi connectivity index (χ2v) is 3.98. The Labute approximate surface area is 110 Å². The van der Waals surface area contributed by atoms with Gasteiger partial charge < -0.3 is 15.2 Å². The summed E-state index contributed by atoms with van der Waals surface area (Å²) in [4.78, 5) is 11.5. The van der Waals surface area contributed by atoms with Gasteiger partial charge in [0.25, 0.3) is 0 Å². The monoisotopic (exact) mass is 277 g/mol. The van der Waals surface area contributed by atoms with Crippen molar-refractivity contribution >= 4 is 35.7 Å². The molecule has 17 heavy (non-hydrogen) atoms. The highest BCUT2D eigenvalue weighted by Crippen LogP contribution is 2.38. The van der Waals surface area contributed by atoms with Crippen LogP contribution in [-0.4, -0.2) is 19.7 Å². The summed E-state index contributed by atoms with van der Waals surface area (Å²) >= 11 is 5.96. The molecule has 0 saturated heterocycles. The maximum atomic E-state index is 11.5. The molecule has 2 N–H and O–H groups in total. The molecule has 0 bridgehead atoms. The number of fused-ring (bicyclic) bond motifs is 1. The predicted molar refractivity (Wildman–Crippen MR) is 68.3 cm³/mol. The van der Waals surface area contributed by atoms with Crippen molar-refractivity contribution in [2.45, 2.75) is 12.8 Å². The number of anilines is 1. The fourth-order valence-electron chi connectivity index (χ4n) is 1.80. The molecule has 0 aliphatic carbocycles. The summed E-state index contributed by atoms with van der Waals surface area (Å²) in [5, 5.41) is 0.365.